The van der Waals surface area contributed by atoms with Crippen molar-refractivity contribution in [3.8, 4) is 0 Å². The molecule has 0 aliphatic rings. The molecule has 16 heavy (non-hydrogen) atoms. The van der Waals surface area contributed by atoms with E-state index in [0.717, 1.165) is 0 Å². The van der Waals surface area contributed by atoms with E-state index in [1.807, 2.05) is 5.32 Å². The molecule has 8 heteroatoms. The fraction of sp³-hybridized carbons (Fsp3) is 0.750. The number of aliphatic hydroxyl groups is 5. The summed E-state index contributed by atoms with van der Waals surface area (Å²) in [7, 11) is 0. The molecule has 8 nitrogen and oxygen atoms in total. The summed E-state index contributed by atoms with van der Waals surface area (Å²) in [6.45, 7) is -1.69. The first kappa shape index (κ1) is 14.9. The van der Waals surface area contributed by atoms with Crippen LogP contribution in [0.1, 0.15) is 0 Å². The van der Waals surface area contributed by atoms with Crippen molar-refractivity contribution < 1.29 is 35.1 Å². The molecule has 6 N–H and O–H groups in total. The molecular weight excluding hydrogens is 222 g/mol. The van der Waals surface area contributed by atoms with E-state index in [1.165, 1.54) is 0 Å². The fourth-order valence-electron chi connectivity index (χ4n) is 0.979. The van der Waals surface area contributed by atoms with E-state index in [4.69, 9.17) is 15.3 Å². The number of carbonyl (C=O) groups is 2. The second kappa shape index (κ2) is 7.25. The minimum Gasteiger partial charge on any atom is -0.394 e. The average molecular weight is 237 g/mol. The normalized spacial score (nSPS) is 18.3. The Balaban J connectivity index is 4.45. The first-order valence-corrected chi connectivity index (χ1v) is 4.48. The molecule has 4 atom stereocenters. The number of amides is 1. The van der Waals surface area contributed by atoms with E-state index in [0.29, 0.717) is 0 Å². The molecule has 0 aromatic rings. The highest BCUT2D eigenvalue weighted by molar-refractivity contribution is 5.80. The predicted octanol–water partition coefficient (Wildman–Crippen LogP) is -4.26. The third kappa shape index (κ3) is 4.21. The minimum absolute atomic E-state index is 0.144. The van der Waals surface area contributed by atoms with Crippen molar-refractivity contribution in [1.82, 2.24) is 5.32 Å². The molecule has 0 aliphatic carbocycles. The summed E-state index contributed by atoms with van der Waals surface area (Å²) in [5, 5.41) is 46.4. The Morgan fingerprint density at radius 2 is 1.75 bits per heavy atom. The van der Waals surface area contributed by atoms with Gasteiger partial charge in [-0.15, -0.1) is 0 Å². The van der Waals surface area contributed by atoms with Crippen molar-refractivity contribution in [3.05, 3.63) is 0 Å². The van der Waals surface area contributed by atoms with Crippen LogP contribution in [0.2, 0.25) is 0 Å². The predicted molar refractivity (Wildman–Crippen MR) is 50.2 cm³/mol. The summed E-state index contributed by atoms with van der Waals surface area (Å²) in [6, 6.07) is -1.48. The lowest BCUT2D eigenvalue weighted by Crippen LogP contribution is -2.53. The third-order valence-corrected chi connectivity index (χ3v) is 1.92. The summed E-state index contributed by atoms with van der Waals surface area (Å²) in [6.07, 6.45) is -5.07. The minimum atomic E-state index is -1.79. The van der Waals surface area contributed by atoms with E-state index < -0.39 is 43.5 Å². The van der Waals surface area contributed by atoms with E-state index >= 15 is 0 Å². The lowest BCUT2D eigenvalue weighted by molar-refractivity contribution is -0.132. The second-order valence-corrected chi connectivity index (χ2v) is 3.12. The Bertz CT molecular complexity index is 234. The van der Waals surface area contributed by atoms with Gasteiger partial charge in [0.15, 0.2) is 0 Å². The van der Waals surface area contributed by atoms with E-state index in [2.05, 4.69) is 0 Å². The highest BCUT2D eigenvalue weighted by Crippen LogP contribution is 2.03. The van der Waals surface area contributed by atoms with Crippen molar-refractivity contribution in [3.63, 3.8) is 0 Å². The molecule has 0 aromatic heterocycles. The van der Waals surface area contributed by atoms with Crippen LogP contribution in [0.3, 0.4) is 0 Å². The van der Waals surface area contributed by atoms with Crippen molar-refractivity contribution in [2.45, 2.75) is 24.4 Å². The highest BCUT2D eigenvalue weighted by atomic mass is 16.4. The summed E-state index contributed by atoms with van der Waals surface area (Å²) in [4.78, 5) is 21.2. The van der Waals surface area contributed by atoms with Crippen LogP contribution >= 0.6 is 0 Å². The molecule has 0 aromatic carbocycles. The molecule has 0 bridgehead atoms. The second-order valence-electron chi connectivity index (χ2n) is 3.12. The Kier molecular flexibility index (Phi) is 6.77. The van der Waals surface area contributed by atoms with Crippen LogP contribution in [0.4, 0.5) is 0 Å². The van der Waals surface area contributed by atoms with Gasteiger partial charge in [-0.2, -0.15) is 0 Å². The zero-order valence-electron chi connectivity index (χ0n) is 8.35. The first-order valence-electron chi connectivity index (χ1n) is 4.48. The lowest BCUT2D eigenvalue weighted by atomic mass is 10.0. The lowest BCUT2D eigenvalue weighted by Gasteiger charge is -2.25. The van der Waals surface area contributed by atoms with Crippen LogP contribution in [0.5, 0.6) is 0 Å². The van der Waals surface area contributed by atoms with Crippen molar-refractivity contribution in [2.75, 3.05) is 13.2 Å². The molecule has 0 heterocycles. The molecule has 0 saturated carbocycles. The van der Waals surface area contributed by atoms with Crippen LogP contribution in [-0.4, -0.2) is 75.3 Å². The van der Waals surface area contributed by atoms with Gasteiger partial charge >= 0.3 is 0 Å². The zero-order valence-corrected chi connectivity index (χ0v) is 8.35. The first-order chi connectivity index (χ1) is 7.47. The highest BCUT2D eigenvalue weighted by Gasteiger charge is 2.31. The maximum absolute atomic E-state index is 10.7. The van der Waals surface area contributed by atoms with Gasteiger partial charge in [0.25, 0.3) is 0 Å². The summed E-state index contributed by atoms with van der Waals surface area (Å²) in [5.74, 6) is -0.915. The molecule has 0 unspecified atom stereocenters. The molecule has 0 spiro atoms. The average Bonchev–Trinajstić information content (AvgIpc) is 2.32. The van der Waals surface area contributed by atoms with Gasteiger partial charge in [0, 0.05) is 0 Å². The topological polar surface area (TPSA) is 147 Å². The van der Waals surface area contributed by atoms with Crippen LogP contribution in [0, 0.1) is 0 Å². The van der Waals surface area contributed by atoms with Gasteiger partial charge in [-0.05, 0) is 0 Å². The molecule has 0 aliphatic heterocycles. The van der Waals surface area contributed by atoms with Crippen molar-refractivity contribution in [1.29, 1.82) is 0 Å². The number of aliphatic hydroxyl groups excluding tert-OH is 5. The molecular formula is C8H15NO7. The molecule has 1 amide bonds. The van der Waals surface area contributed by atoms with Gasteiger partial charge < -0.3 is 35.6 Å². The quantitative estimate of drug-likeness (QED) is 0.246. The van der Waals surface area contributed by atoms with Gasteiger partial charge in [0.2, 0.25) is 5.91 Å². The number of hydrogen-bond acceptors (Lipinski definition) is 7. The summed E-state index contributed by atoms with van der Waals surface area (Å²) in [5.41, 5.74) is 0. The molecule has 0 saturated heterocycles. The number of carbonyl (C=O) groups excluding carboxylic acids is 2. The van der Waals surface area contributed by atoms with Crippen molar-refractivity contribution in [2.24, 2.45) is 0 Å². The van der Waals surface area contributed by atoms with Gasteiger partial charge in [-0.3, -0.25) is 4.79 Å². The SMILES string of the molecule is O=C[C@H](NC(=O)CO)[C@@H](O)[C@H](O)[C@H](O)CO. The number of hydrogen-bond donors (Lipinski definition) is 6. The smallest absolute Gasteiger partial charge is 0.246 e. The summed E-state index contributed by atoms with van der Waals surface area (Å²) < 4.78 is 0. The van der Waals surface area contributed by atoms with Crippen LogP contribution < -0.4 is 5.32 Å². The fourth-order valence-corrected chi connectivity index (χ4v) is 0.979. The zero-order chi connectivity index (χ0) is 12.7. The molecule has 0 rings (SSSR count). The Morgan fingerprint density at radius 1 is 1.19 bits per heavy atom. The van der Waals surface area contributed by atoms with Crippen LogP contribution in [0.25, 0.3) is 0 Å². The number of nitrogens with one attached hydrogen (secondary N) is 1. The van der Waals surface area contributed by atoms with E-state index in [-0.39, 0.29) is 6.29 Å². The van der Waals surface area contributed by atoms with Gasteiger partial charge in [0.1, 0.15) is 37.2 Å². The molecule has 0 fully saturated rings. The maximum atomic E-state index is 10.7. The van der Waals surface area contributed by atoms with Gasteiger partial charge in [-0.25, -0.2) is 0 Å². The Hall–Kier alpha value is -1.06. The Labute approximate surface area is 91.1 Å². The van der Waals surface area contributed by atoms with Crippen LogP contribution in [0.15, 0.2) is 0 Å². The summed E-state index contributed by atoms with van der Waals surface area (Å²) >= 11 is 0. The third-order valence-electron chi connectivity index (χ3n) is 1.92. The van der Waals surface area contributed by atoms with E-state index in [1.54, 1.807) is 0 Å². The van der Waals surface area contributed by atoms with Crippen molar-refractivity contribution >= 4 is 12.2 Å². The largest absolute Gasteiger partial charge is 0.394 e. The van der Waals surface area contributed by atoms with Crippen LogP contribution in [-0.2, 0) is 9.59 Å². The van der Waals surface area contributed by atoms with E-state index in [9.17, 15) is 19.8 Å². The van der Waals surface area contributed by atoms with Gasteiger partial charge in [-0.1, -0.05) is 0 Å². The molecule has 0 radical (unpaired) electrons. The Morgan fingerprint density at radius 3 is 2.12 bits per heavy atom. The standard InChI is InChI=1S/C8H15NO7/c10-1-4(9-6(14)3-12)7(15)8(16)5(13)2-11/h1,4-5,7-8,11-13,15-16H,2-3H2,(H,9,14)/t4-,5+,7+,8+/m0/s1. The number of rotatable bonds is 7. The number of aldehydes is 1. The van der Waals surface area contributed by atoms with Gasteiger partial charge in [0.05, 0.1) is 6.61 Å². The molecule has 94 valence electrons. The monoisotopic (exact) mass is 237 g/mol. The maximum Gasteiger partial charge on any atom is 0.246 e.